The zero-order chi connectivity index (χ0) is 13.8. The molecule has 22 heavy (non-hydrogen) atoms. The molecule has 126 valence electrons. The largest absolute Gasteiger partial charge is 0.399 e. The van der Waals surface area contributed by atoms with Gasteiger partial charge in [-0.3, -0.25) is 4.90 Å². The van der Waals surface area contributed by atoms with Crippen LogP contribution in [0.3, 0.4) is 0 Å². The lowest BCUT2D eigenvalue weighted by molar-refractivity contribution is 0.213. The Balaban J connectivity index is 0.00000121. The van der Waals surface area contributed by atoms with Crippen LogP contribution in [0.25, 0.3) is 0 Å². The molecule has 0 amide bonds. The minimum absolute atomic E-state index is 0. The van der Waals surface area contributed by atoms with E-state index in [9.17, 15) is 0 Å². The quantitative estimate of drug-likeness (QED) is 0.850. The summed E-state index contributed by atoms with van der Waals surface area (Å²) in [6.45, 7) is 6.19. The topological polar surface area (TPSA) is 32.5 Å². The van der Waals surface area contributed by atoms with E-state index in [-0.39, 0.29) is 24.8 Å². The third kappa shape index (κ3) is 5.31. The van der Waals surface area contributed by atoms with Crippen molar-refractivity contribution in [2.24, 2.45) is 0 Å². The molecular formula is C17H29Cl2N3. The van der Waals surface area contributed by atoms with Gasteiger partial charge in [-0.05, 0) is 76.0 Å². The molecule has 2 aliphatic heterocycles. The molecule has 1 atom stereocenters. The molecule has 5 heteroatoms. The lowest BCUT2D eigenvalue weighted by Crippen LogP contribution is -2.33. The summed E-state index contributed by atoms with van der Waals surface area (Å²) in [5.74, 6) is 0. The SMILES string of the molecule is Cl.Cl.Nc1cccc(CN2CCCC(N3CCCC3)CC2)c1. The number of nitrogen functional groups attached to an aromatic ring is 1. The van der Waals surface area contributed by atoms with E-state index in [0.29, 0.717) is 0 Å². The Morgan fingerprint density at radius 3 is 2.45 bits per heavy atom. The van der Waals surface area contributed by atoms with Gasteiger partial charge in [0.15, 0.2) is 0 Å². The smallest absolute Gasteiger partial charge is 0.0317 e. The zero-order valence-corrected chi connectivity index (χ0v) is 14.9. The lowest BCUT2D eigenvalue weighted by Gasteiger charge is -2.26. The second-order valence-corrected chi connectivity index (χ2v) is 6.35. The molecule has 0 spiro atoms. The number of benzene rings is 1. The third-order valence-electron chi connectivity index (χ3n) is 4.80. The number of nitrogens with two attached hydrogens (primary N) is 1. The summed E-state index contributed by atoms with van der Waals surface area (Å²) >= 11 is 0. The molecular weight excluding hydrogens is 317 g/mol. The normalized spacial score (nSPS) is 23.4. The molecule has 1 aromatic carbocycles. The zero-order valence-electron chi connectivity index (χ0n) is 13.2. The maximum Gasteiger partial charge on any atom is 0.0317 e. The van der Waals surface area contributed by atoms with Crippen LogP contribution in [0.1, 0.15) is 37.7 Å². The molecule has 2 heterocycles. The highest BCUT2D eigenvalue weighted by Crippen LogP contribution is 2.22. The van der Waals surface area contributed by atoms with E-state index in [0.717, 1.165) is 18.3 Å². The Morgan fingerprint density at radius 1 is 0.955 bits per heavy atom. The molecule has 2 N–H and O–H groups in total. The molecule has 1 aromatic rings. The van der Waals surface area contributed by atoms with Crippen molar-refractivity contribution in [3.63, 3.8) is 0 Å². The first-order chi connectivity index (χ1) is 9.81. The Hall–Kier alpha value is -0.480. The third-order valence-corrected chi connectivity index (χ3v) is 4.80. The summed E-state index contributed by atoms with van der Waals surface area (Å²) in [6.07, 6.45) is 6.87. The van der Waals surface area contributed by atoms with E-state index in [1.807, 2.05) is 6.07 Å². The van der Waals surface area contributed by atoms with E-state index in [1.54, 1.807) is 0 Å². The fourth-order valence-electron chi connectivity index (χ4n) is 3.72. The minimum atomic E-state index is 0. The molecule has 2 saturated heterocycles. The van der Waals surface area contributed by atoms with Crippen molar-refractivity contribution < 1.29 is 0 Å². The first-order valence-electron chi connectivity index (χ1n) is 8.12. The van der Waals surface area contributed by atoms with Crippen LogP contribution in [0.5, 0.6) is 0 Å². The van der Waals surface area contributed by atoms with Crippen LogP contribution in [-0.2, 0) is 6.54 Å². The number of anilines is 1. The summed E-state index contributed by atoms with van der Waals surface area (Å²) in [5, 5.41) is 0. The molecule has 0 bridgehead atoms. The van der Waals surface area contributed by atoms with Crippen molar-refractivity contribution in [1.29, 1.82) is 0 Å². The molecule has 0 aromatic heterocycles. The first-order valence-corrected chi connectivity index (χ1v) is 8.12. The molecule has 1 unspecified atom stereocenters. The summed E-state index contributed by atoms with van der Waals surface area (Å²) < 4.78 is 0. The van der Waals surface area contributed by atoms with Gasteiger partial charge in [0.25, 0.3) is 0 Å². The van der Waals surface area contributed by atoms with Crippen molar-refractivity contribution in [2.75, 3.05) is 31.9 Å². The number of hydrogen-bond acceptors (Lipinski definition) is 3. The number of hydrogen-bond donors (Lipinski definition) is 1. The fraction of sp³-hybridized carbons (Fsp3) is 0.647. The van der Waals surface area contributed by atoms with Crippen molar-refractivity contribution >= 4 is 30.5 Å². The van der Waals surface area contributed by atoms with Gasteiger partial charge in [0, 0.05) is 18.3 Å². The van der Waals surface area contributed by atoms with E-state index in [2.05, 4.69) is 28.0 Å². The van der Waals surface area contributed by atoms with E-state index in [1.165, 1.54) is 63.8 Å². The molecule has 2 fully saturated rings. The average Bonchev–Trinajstić information content (AvgIpc) is 2.87. The van der Waals surface area contributed by atoms with E-state index >= 15 is 0 Å². The standard InChI is InChI=1S/C17H27N3.2ClH/c18-16-6-3-5-15(13-16)14-19-9-4-7-17(8-12-19)20-10-1-2-11-20;;/h3,5-6,13,17H,1-2,4,7-12,14,18H2;2*1H. The summed E-state index contributed by atoms with van der Waals surface area (Å²) in [4.78, 5) is 5.33. The predicted octanol–water partition coefficient (Wildman–Crippen LogP) is 3.56. The molecule has 0 radical (unpaired) electrons. The van der Waals surface area contributed by atoms with Crippen LogP contribution in [0, 0.1) is 0 Å². The van der Waals surface area contributed by atoms with Gasteiger partial charge in [0.2, 0.25) is 0 Å². The van der Waals surface area contributed by atoms with Crippen LogP contribution < -0.4 is 5.73 Å². The van der Waals surface area contributed by atoms with Gasteiger partial charge in [0.1, 0.15) is 0 Å². The Kier molecular flexibility index (Phi) is 8.55. The molecule has 3 nitrogen and oxygen atoms in total. The predicted molar refractivity (Wildman–Crippen MR) is 99.1 cm³/mol. The van der Waals surface area contributed by atoms with Crippen molar-refractivity contribution in [3.8, 4) is 0 Å². The van der Waals surface area contributed by atoms with Crippen molar-refractivity contribution in [3.05, 3.63) is 29.8 Å². The monoisotopic (exact) mass is 345 g/mol. The van der Waals surface area contributed by atoms with Crippen LogP contribution in [0.15, 0.2) is 24.3 Å². The van der Waals surface area contributed by atoms with Gasteiger partial charge < -0.3 is 10.6 Å². The fourth-order valence-corrected chi connectivity index (χ4v) is 3.72. The maximum absolute atomic E-state index is 5.87. The van der Waals surface area contributed by atoms with E-state index in [4.69, 9.17) is 5.73 Å². The second-order valence-electron chi connectivity index (χ2n) is 6.35. The molecule has 3 rings (SSSR count). The van der Waals surface area contributed by atoms with E-state index < -0.39 is 0 Å². The maximum atomic E-state index is 5.87. The van der Waals surface area contributed by atoms with Crippen LogP contribution in [0.4, 0.5) is 5.69 Å². The number of nitrogens with zero attached hydrogens (tertiary/aromatic N) is 2. The van der Waals surface area contributed by atoms with Gasteiger partial charge in [-0.25, -0.2) is 0 Å². The first kappa shape index (κ1) is 19.6. The van der Waals surface area contributed by atoms with Gasteiger partial charge in [-0.1, -0.05) is 12.1 Å². The Labute approximate surface area is 147 Å². The molecule has 0 saturated carbocycles. The summed E-state index contributed by atoms with van der Waals surface area (Å²) in [5.41, 5.74) is 8.11. The highest BCUT2D eigenvalue weighted by atomic mass is 35.5. The van der Waals surface area contributed by atoms with Crippen LogP contribution >= 0.6 is 24.8 Å². The average molecular weight is 346 g/mol. The van der Waals surface area contributed by atoms with Gasteiger partial charge >= 0.3 is 0 Å². The molecule has 2 aliphatic rings. The Bertz CT molecular complexity index is 436. The summed E-state index contributed by atoms with van der Waals surface area (Å²) in [6, 6.07) is 9.18. The van der Waals surface area contributed by atoms with Crippen molar-refractivity contribution in [1.82, 2.24) is 9.80 Å². The van der Waals surface area contributed by atoms with Gasteiger partial charge in [-0.15, -0.1) is 24.8 Å². The molecule has 0 aliphatic carbocycles. The highest BCUT2D eigenvalue weighted by Gasteiger charge is 2.24. The Morgan fingerprint density at radius 2 is 1.73 bits per heavy atom. The van der Waals surface area contributed by atoms with Gasteiger partial charge in [-0.2, -0.15) is 0 Å². The summed E-state index contributed by atoms with van der Waals surface area (Å²) in [7, 11) is 0. The number of halogens is 2. The minimum Gasteiger partial charge on any atom is -0.399 e. The second kappa shape index (κ2) is 9.61. The van der Waals surface area contributed by atoms with Crippen LogP contribution in [-0.4, -0.2) is 42.0 Å². The number of likely N-dealkylation sites (tertiary alicyclic amines) is 2. The van der Waals surface area contributed by atoms with Gasteiger partial charge in [0.05, 0.1) is 0 Å². The van der Waals surface area contributed by atoms with Crippen molar-refractivity contribution in [2.45, 2.75) is 44.7 Å². The van der Waals surface area contributed by atoms with Crippen LogP contribution in [0.2, 0.25) is 0 Å². The lowest BCUT2D eigenvalue weighted by atomic mass is 10.1. The highest BCUT2D eigenvalue weighted by molar-refractivity contribution is 5.85. The number of rotatable bonds is 3.